The average molecular weight is 295 g/mol. The van der Waals surface area contributed by atoms with Crippen molar-refractivity contribution in [2.45, 2.75) is 13.1 Å². The highest BCUT2D eigenvalue weighted by Crippen LogP contribution is 2.09. The zero-order valence-corrected chi connectivity index (χ0v) is 11.5. The van der Waals surface area contributed by atoms with E-state index in [1.165, 1.54) is 21.6 Å². The van der Waals surface area contributed by atoms with Crippen molar-refractivity contribution in [3.8, 4) is 0 Å². The second-order valence-corrected chi connectivity index (χ2v) is 4.92. The van der Waals surface area contributed by atoms with Crippen molar-refractivity contribution in [1.82, 2.24) is 25.2 Å². The molecule has 0 radical (unpaired) electrons. The predicted octanol–water partition coefficient (Wildman–Crippen LogP) is 0.906. The van der Waals surface area contributed by atoms with Gasteiger partial charge in [0.2, 0.25) is 0 Å². The van der Waals surface area contributed by atoms with Crippen molar-refractivity contribution >= 4 is 23.3 Å². The number of amides is 2. The smallest absolute Gasteiger partial charge is 0.355 e. The lowest BCUT2D eigenvalue weighted by atomic mass is 10.5. The van der Waals surface area contributed by atoms with Crippen LogP contribution in [0.1, 0.15) is 21.3 Å². The number of urea groups is 1. The summed E-state index contributed by atoms with van der Waals surface area (Å²) >= 11 is 1.19. The van der Waals surface area contributed by atoms with Crippen molar-refractivity contribution < 1.29 is 14.7 Å². The number of rotatable bonds is 5. The molecule has 2 aromatic rings. The molecule has 2 rings (SSSR count). The fraction of sp³-hybridized carbons (Fsp3) is 0.273. The Morgan fingerprint density at radius 3 is 2.95 bits per heavy atom. The predicted molar refractivity (Wildman–Crippen MR) is 71.4 cm³/mol. The molecule has 0 saturated carbocycles. The number of aromatic nitrogens is 3. The molecule has 0 atom stereocenters. The lowest BCUT2D eigenvalue weighted by Gasteiger charge is -2.16. The molecule has 2 aromatic heterocycles. The second-order valence-electron chi connectivity index (χ2n) is 3.98. The number of carboxylic acids is 1. The summed E-state index contributed by atoms with van der Waals surface area (Å²) in [5.41, 5.74) is -0.0109. The minimum Gasteiger partial charge on any atom is -0.476 e. The van der Waals surface area contributed by atoms with Crippen LogP contribution in [0.3, 0.4) is 0 Å². The van der Waals surface area contributed by atoms with E-state index in [-0.39, 0.29) is 18.3 Å². The number of nitrogens with zero attached hydrogens (tertiary/aromatic N) is 3. The third-order valence-corrected chi connectivity index (χ3v) is 3.30. The maximum Gasteiger partial charge on any atom is 0.355 e. The van der Waals surface area contributed by atoms with Gasteiger partial charge in [0.05, 0.1) is 13.1 Å². The number of hydrogen-bond acceptors (Lipinski definition) is 5. The molecule has 0 aliphatic rings. The average Bonchev–Trinajstić information content (AvgIpc) is 3.06. The van der Waals surface area contributed by atoms with Crippen LogP contribution < -0.4 is 5.32 Å². The molecule has 0 fully saturated rings. The van der Waals surface area contributed by atoms with E-state index in [0.717, 1.165) is 0 Å². The first-order valence-electron chi connectivity index (χ1n) is 5.71. The van der Waals surface area contributed by atoms with E-state index in [4.69, 9.17) is 5.11 Å². The van der Waals surface area contributed by atoms with Crippen LogP contribution in [0.25, 0.3) is 0 Å². The molecule has 2 heterocycles. The van der Waals surface area contributed by atoms with Gasteiger partial charge in [-0.2, -0.15) is 0 Å². The van der Waals surface area contributed by atoms with E-state index < -0.39 is 5.97 Å². The number of H-pyrrole nitrogens is 1. The van der Waals surface area contributed by atoms with Gasteiger partial charge >= 0.3 is 12.0 Å². The van der Waals surface area contributed by atoms with Gasteiger partial charge in [0.25, 0.3) is 0 Å². The molecule has 0 bridgehead atoms. The summed E-state index contributed by atoms with van der Waals surface area (Å²) < 4.78 is 0. The summed E-state index contributed by atoms with van der Waals surface area (Å²) in [5, 5.41) is 13.4. The van der Waals surface area contributed by atoms with Gasteiger partial charge in [-0.3, -0.25) is 0 Å². The van der Waals surface area contributed by atoms with Crippen LogP contribution in [0.4, 0.5) is 4.79 Å². The number of imidazole rings is 1. The minimum absolute atomic E-state index is 0.0109. The molecular formula is C11H13N5O3S. The molecule has 0 spiro atoms. The Morgan fingerprint density at radius 2 is 2.35 bits per heavy atom. The van der Waals surface area contributed by atoms with Crippen LogP contribution in [-0.2, 0) is 13.1 Å². The Balaban J connectivity index is 1.83. The Morgan fingerprint density at radius 1 is 1.55 bits per heavy atom. The van der Waals surface area contributed by atoms with E-state index in [1.807, 2.05) is 0 Å². The van der Waals surface area contributed by atoms with E-state index in [2.05, 4.69) is 20.3 Å². The normalized spacial score (nSPS) is 10.2. The highest BCUT2D eigenvalue weighted by atomic mass is 32.1. The van der Waals surface area contributed by atoms with Crippen LogP contribution in [0, 0.1) is 0 Å². The maximum atomic E-state index is 11.8. The van der Waals surface area contributed by atoms with Crippen molar-refractivity contribution in [2.24, 2.45) is 0 Å². The summed E-state index contributed by atoms with van der Waals surface area (Å²) in [6.45, 7) is 0.552. The summed E-state index contributed by atoms with van der Waals surface area (Å²) in [6, 6.07) is -0.284. The SMILES string of the molecule is CN(Cc1ncc[nH]1)C(=O)NCc1nc(C(=O)O)cs1. The van der Waals surface area contributed by atoms with Gasteiger partial charge in [-0.05, 0) is 0 Å². The number of nitrogens with one attached hydrogen (secondary N) is 2. The van der Waals surface area contributed by atoms with Gasteiger partial charge in [-0.25, -0.2) is 19.6 Å². The second kappa shape index (κ2) is 6.15. The van der Waals surface area contributed by atoms with E-state index in [0.29, 0.717) is 17.4 Å². The van der Waals surface area contributed by atoms with Gasteiger partial charge in [0.15, 0.2) is 5.69 Å². The molecule has 3 N–H and O–H groups in total. The minimum atomic E-state index is -1.08. The third kappa shape index (κ3) is 3.54. The van der Waals surface area contributed by atoms with E-state index in [1.54, 1.807) is 19.4 Å². The summed E-state index contributed by atoms with van der Waals surface area (Å²) in [5.74, 6) is -0.390. The zero-order chi connectivity index (χ0) is 14.5. The van der Waals surface area contributed by atoms with Crippen molar-refractivity contribution in [1.29, 1.82) is 0 Å². The van der Waals surface area contributed by atoms with Gasteiger partial charge in [0.1, 0.15) is 10.8 Å². The highest BCUT2D eigenvalue weighted by Gasteiger charge is 2.12. The molecule has 0 aliphatic heterocycles. The van der Waals surface area contributed by atoms with Gasteiger partial charge < -0.3 is 20.3 Å². The van der Waals surface area contributed by atoms with Gasteiger partial charge in [-0.1, -0.05) is 0 Å². The fourth-order valence-electron chi connectivity index (χ4n) is 1.46. The topological polar surface area (TPSA) is 111 Å². The van der Waals surface area contributed by atoms with E-state index in [9.17, 15) is 9.59 Å². The molecule has 9 heteroatoms. The fourth-order valence-corrected chi connectivity index (χ4v) is 2.17. The van der Waals surface area contributed by atoms with E-state index >= 15 is 0 Å². The molecular weight excluding hydrogens is 282 g/mol. The Kier molecular flexibility index (Phi) is 4.31. The maximum absolute atomic E-state index is 11.8. The standard InChI is InChI=1S/C11H13N5O3S/c1-16(5-8-12-2-3-13-8)11(19)14-4-9-15-7(6-20-9)10(17)18/h2-3,6H,4-5H2,1H3,(H,12,13)(H,14,19)(H,17,18). The molecule has 2 amide bonds. The third-order valence-electron chi connectivity index (χ3n) is 2.45. The molecule has 0 aliphatic carbocycles. The number of carbonyl (C=O) groups is 2. The van der Waals surface area contributed by atoms with Crippen molar-refractivity contribution in [3.63, 3.8) is 0 Å². The van der Waals surface area contributed by atoms with Crippen LogP contribution >= 0.6 is 11.3 Å². The Labute approximate surface area is 118 Å². The summed E-state index contributed by atoms with van der Waals surface area (Å²) in [4.78, 5) is 34.8. The molecule has 20 heavy (non-hydrogen) atoms. The molecule has 8 nitrogen and oxygen atoms in total. The van der Waals surface area contributed by atoms with Crippen LogP contribution in [0.15, 0.2) is 17.8 Å². The first-order chi connectivity index (χ1) is 9.56. The van der Waals surface area contributed by atoms with Crippen LogP contribution in [-0.4, -0.2) is 44.0 Å². The van der Waals surface area contributed by atoms with Gasteiger partial charge in [-0.15, -0.1) is 11.3 Å². The molecule has 106 valence electrons. The summed E-state index contributed by atoms with van der Waals surface area (Å²) in [7, 11) is 1.64. The quantitative estimate of drug-likeness (QED) is 0.759. The number of carbonyl (C=O) groups excluding carboxylic acids is 1. The molecule has 0 unspecified atom stereocenters. The largest absolute Gasteiger partial charge is 0.476 e. The lowest BCUT2D eigenvalue weighted by Crippen LogP contribution is -2.36. The molecule has 0 saturated heterocycles. The number of carboxylic acid groups (broad SMARTS) is 1. The van der Waals surface area contributed by atoms with Gasteiger partial charge in [0, 0.05) is 24.8 Å². The van der Waals surface area contributed by atoms with Crippen LogP contribution in [0.5, 0.6) is 0 Å². The first-order valence-corrected chi connectivity index (χ1v) is 6.59. The van der Waals surface area contributed by atoms with Crippen molar-refractivity contribution in [3.05, 3.63) is 34.3 Å². The number of aromatic carboxylic acids is 1. The number of aromatic amines is 1. The number of thiazole rings is 1. The zero-order valence-electron chi connectivity index (χ0n) is 10.7. The summed E-state index contributed by atoms with van der Waals surface area (Å²) in [6.07, 6.45) is 3.30. The highest BCUT2D eigenvalue weighted by molar-refractivity contribution is 7.09. The Hall–Kier alpha value is -2.42. The monoisotopic (exact) mass is 295 g/mol. The van der Waals surface area contributed by atoms with Crippen LogP contribution in [0.2, 0.25) is 0 Å². The first kappa shape index (κ1) is 14.0. The lowest BCUT2D eigenvalue weighted by molar-refractivity contribution is 0.0691. The molecule has 0 aromatic carbocycles. The number of hydrogen-bond donors (Lipinski definition) is 3. The van der Waals surface area contributed by atoms with Crippen molar-refractivity contribution in [2.75, 3.05) is 7.05 Å². The Bertz CT molecular complexity index is 595.